The molecule has 0 spiro atoms. The molecule has 1 aliphatic heterocycles. The third-order valence-corrected chi connectivity index (χ3v) is 4.62. The Balaban J connectivity index is 1.94. The van der Waals surface area contributed by atoms with Crippen LogP contribution in [0.1, 0.15) is 37.0 Å². The van der Waals surface area contributed by atoms with Crippen LogP contribution in [0.15, 0.2) is 18.2 Å². The Morgan fingerprint density at radius 3 is 2.59 bits per heavy atom. The van der Waals surface area contributed by atoms with Crippen molar-refractivity contribution >= 4 is 17.7 Å². The highest BCUT2D eigenvalue weighted by atomic mass is 16.7. The van der Waals surface area contributed by atoms with Gasteiger partial charge in [0.2, 0.25) is 12.7 Å². The highest BCUT2D eigenvalue weighted by Gasteiger charge is 2.27. The molecule has 2 rings (SSSR count). The number of ketones is 1. The van der Waals surface area contributed by atoms with E-state index in [-0.39, 0.29) is 25.4 Å². The van der Waals surface area contributed by atoms with Crippen LogP contribution in [0.25, 0.3) is 0 Å². The van der Waals surface area contributed by atoms with Gasteiger partial charge in [-0.15, -0.1) is 0 Å². The largest absolute Gasteiger partial charge is 0.481 e. The van der Waals surface area contributed by atoms with Gasteiger partial charge in [0.1, 0.15) is 0 Å². The first kappa shape index (κ1) is 20.7. The minimum absolute atomic E-state index is 0.0449. The molecule has 148 valence electrons. The number of rotatable bonds is 9. The fraction of sp³-hybridized carbons (Fsp3) is 0.500. The number of aliphatic carboxylic acids is 1. The van der Waals surface area contributed by atoms with E-state index in [1.165, 1.54) is 0 Å². The van der Waals surface area contributed by atoms with Crippen molar-refractivity contribution < 1.29 is 29.0 Å². The van der Waals surface area contributed by atoms with E-state index in [1.807, 2.05) is 0 Å². The fourth-order valence-electron chi connectivity index (χ4n) is 2.64. The summed E-state index contributed by atoms with van der Waals surface area (Å²) >= 11 is 0. The first-order chi connectivity index (χ1) is 12.7. The lowest BCUT2D eigenvalue weighted by atomic mass is 10.0. The van der Waals surface area contributed by atoms with Crippen LogP contribution in [0.3, 0.4) is 0 Å². The molecule has 3 atom stereocenters. The third-order valence-electron chi connectivity index (χ3n) is 4.62. The summed E-state index contributed by atoms with van der Waals surface area (Å²) in [6.07, 6.45) is -0.609. The molecule has 1 heterocycles. The van der Waals surface area contributed by atoms with Gasteiger partial charge in [0.05, 0.1) is 18.2 Å². The van der Waals surface area contributed by atoms with Crippen molar-refractivity contribution in [2.24, 2.45) is 5.73 Å². The molecule has 0 aliphatic carbocycles. The van der Waals surface area contributed by atoms with Crippen LogP contribution in [0, 0.1) is 0 Å². The summed E-state index contributed by atoms with van der Waals surface area (Å²) < 4.78 is 10.5. The maximum absolute atomic E-state index is 12.7. The van der Waals surface area contributed by atoms with Crippen molar-refractivity contribution in [1.82, 2.24) is 10.2 Å². The van der Waals surface area contributed by atoms with Crippen molar-refractivity contribution in [3.63, 3.8) is 0 Å². The van der Waals surface area contributed by atoms with Gasteiger partial charge in [0.25, 0.3) is 0 Å². The summed E-state index contributed by atoms with van der Waals surface area (Å²) in [5, 5.41) is 11.4. The van der Waals surface area contributed by atoms with Gasteiger partial charge in [-0.2, -0.15) is 0 Å². The molecular formula is C18H25N3O6. The average molecular weight is 379 g/mol. The molecule has 9 heteroatoms. The third kappa shape index (κ3) is 5.18. The molecule has 1 amide bonds. The summed E-state index contributed by atoms with van der Waals surface area (Å²) in [4.78, 5) is 37.1. The van der Waals surface area contributed by atoms with Gasteiger partial charge in [-0.1, -0.05) is 0 Å². The SMILES string of the molecule is CC(NC(=O)C(N)CCC(=O)O)N(C)C(C)C(=O)c1ccc2c(c1)OCO2. The molecule has 1 aromatic carbocycles. The van der Waals surface area contributed by atoms with E-state index >= 15 is 0 Å². The second-order valence-electron chi connectivity index (χ2n) is 6.50. The van der Waals surface area contributed by atoms with Crippen LogP contribution in [0.2, 0.25) is 0 Å². The number of ether oxygens (including phenoxy) is 2. The summed E-state index contributed by atoms with van der Waals surface area (Å²) in [6.45, 7) is 3.60. The van der Waals surface area contributed by atoms with Crippen molar-refractivity contribution in [2.45, 2.75) is 44.9 Å². The number of nitrogens with zero attached hydrogens (tertiary/aromatic N) is 1. The number of carboxylic acids is 1. The monoisotopic (exact) mass is 379 g/mol. The zero-order valence-corrected chi connectivity index (χ0v) is 15.6. The van der Waals surface area contributed by atoms with Crippen molar-refractivity contribution in [2.75, 3.05) is 13.8 Å². The Kier molecular flexibility index (Phi) is 6.75. The number of carbonyl (C=O) groups excluding carboxylic acids is 2. The summed E-state index contributed by atoms with van der Waals surface area (Å²) in [7, 11) is 1.71. The van der Waals surface area contributed by atoms with Crippen molar-refractivity contribution in [3.8, 4) is 11.5 Å². The van der Waals surface area contributed by atoms with Crippen LogP contribution in [0.5, 0.6) is 11.5 Å². The number of carbonyl (C=O) groups is 3. The Bertz CT molecular complexity index is 723. The molecule has 27 heavy (non-hydrogen) atoms. The summed E-state index contributed by atoms with van der Waals surface area (Å²) in [6, 6.07) is 3.56. The Morgan fingerprint density at radius 1 is 1.26 bits per heavy atom. The molecule has 0 saturated carbocycles. The topological polar surface area (TPSA) is 131 Å². The van der Waals surface area contributed by atoms with Crippen LogP contribution in [-0.2, 0) is 9.59 Å². The minimum atomic E-state index is -1.01. The Labute approximate surface area is 157 Å². The molecule has 1 aromatic rings. The van der Waals surface area contributed by atoms with E-state index in [9.17, 15) is 14.4 Å². The number of fused-ring (bicyclic) bond motifs is 1. The van der Waals surface area contributed by atoms with Crippen LogP contribution in [0.4, 0.5) is 0 Å². The second kappa shape index (κ2) is 8.83. The molecule has 1 aliphatic rings. The number of carboxylic acid groups (broad SMARTS) is 1. The van der Waals surface area contributed by atoms with Crippen LogP contribution < -0.4 is 20.5 Å². The number of likely N-dealkylation sites (N-methyl/N-ethyl adjacent to an activating group) is 1. The molecule has 9 nitrogen and oxygen atoms in total. The summed E-state index contributed by atoms with van der Waals surface area (Å²) in [5.74, 6) is -0.471. The minimum Gasteiger partial charge on any atom is -0.481 e. The van der Waals surface area contributed by atoms with E-state index in [0.717, 1.165) is 0 Å². The molecular weight excluding hydrogens is 354 g/mol. The number of benzene rings is 1. The lowest BCUT2D eigenvalue weighted by Gasteiger charge is -2.31. The Morgan fingerprint density at radius 2 is 1.93 bits per heavy atom. The highest BCUT2D eigenvalue weighted by molar-refractivity contribution is 6.00. The molecule has 0 saturated heterocycles. The van der Waals surface area contributed by atoms with E-state index in [4.69, 9.17) is 20.3 Å². The molecule has 0 bridgehead atoms. The molecule has 4 N–H and O–H groups in total. The van der Waals surface area contributed by atoms with Gasteiger partial charge in [-0.25, -0.2) is 0 Å². The maximum Gasteiger partial charge on any atom is 0.303 e. The van der Waals surface area contributed by atoms with E-state index < -0.39 is 30.1 Å². The standard InChI is InChI=1S/C18H25N3O6/c1-10(17(24)12-4-6-14-15(8-12)27-9-26-14)21(3)11(2)20-18(25)13(19)5-7-16(22)23/h4,6,8,10-11,13H,5,7,9,19H2,1-3H3,(H,20,25)(H,22,23). The lowest BCUT2D eigenvalue weighted by Crippen LogP contribution is -2.53. The number of nitrogens with one attached hydrogen (secondary N) is 1. The Hall–Kier alpha value is -2.65. The number of hydrogen-bond donors (Lipinski definition) is 3. The van der Waals surface area contributed by atoms with Crippen LogP contribution in [-0.4, -0.2) is 59.8 Å². The molecule has 0 radical (unpaired) electrons. The first-order valence-electron chi connectivity index (χ1n) is 8.64. The number of amides is 1. The van der Waals surface area contributed by atoms with Crippen LogP contribution >= 0.6 is 0 Å². The fourth-order valence-corrected chi connectivity index (χ4v) is 2.64. The van der Waals surface area contributed by atoms with E-state index in [2.05, 4.69) is 5.32 Å². The van der Waals surface area contributed by atoms with Crippen molar-refractivity contribution in [1.29, 1.82) is 0 Å². The average Bonchev–Trinajstić information content (AvgIpc) is 3.11. The molecule has 3 unspecified atom stereocenters. The van der Waals surface area contributed by atoms with Crippen molar-refractivity contribution in [3.05, 3.63) is 23.8 Å². The lowest BCUT2D eigenvalue weighted by molar-refractivity contribution is -0.137. The summed E-state index contributed by atoms with van der Waals surface area (Å²) in [5.41, 5.74) is 6.19. The predicted molar refractivity (Wildman–Crippen MR) is 96.6 cm³/mol. The quantitative estimate of drug-likeness (QED) is 0.419. The van der Waals surface area contributed by atoms with Gasteiger partial charge in [-0.05, 0) is 45.5 Å². The van der Waals surface area contributed by atoms with Gasteiger partial charge >= 0.3 is 5.97 Å². The first-order valence-corrected chi connectivity index (χ1v) is 8.64. The van der Waals surface area contributed by atoms with Gasteiger partial charge in [-0.3, -0.25) is 19.3 Å². The number of hydrogen-bond acceptors (Lipinski definition) is 7. The number of nitrogens with two attached hydrogens (primary N) is 1. The molecule has 0 fully saturated rings. The van der Waals surface area contributed by atoms with E-state index in [0.29, 0.717) is 17.1 Å². The normalized spacial score (nSPS) is 15.9. The predicted octanol–water partition coefficient (Wildman–Crippen LogP) is 0.573. The molecule has 0 aromatic heterocycles. The maximum atomic E-state index is 12.7. The van der Waals surface area contributed by atoms with Gasteiger partial charge in [0, 0.05) is 12.0 Å². The van der Waals surface area contributed by atoms with Gasteiger partial charge < -0.3 is 25.6 Å². The highest BCUT2D eigenvalue weighted by Crippen LogP contribution is 2.33. The van der Waals surface area contributed by atoms with E-state index in [1.54, 1.807) is 44.0 Å². The number of Topliss-reactive ketones (excluding diaryl/α,β-unsaturated/α-hetero) is 1. The zero-order valence-electron chi connectivity index (χ0n) is 15.6. The smallest absolute Gasteiger partial charge is 0.303 e. The van der Waals surface area contributed by atoms with Gasteiger partial charge in [0.15, 0.2) is 17.3 Å². The zero-order chi connectivity index (χ0) is 20.1. The second-order valence-corrected chi connectivity index (χ2v) is 6.50.